The Labute approximate surface area is 164 Å². The molecule has 1 unspecified atom stereocenters. The zero-order valence-corrected chi connectivity index (χ0v) is 15.2. The number of amides is 3. The normalized spacial score (nSPS) is 17.7. The van der Waals surface area contributed by atoms with Gasteiger partial charge in [-0.2, -0.15) is 8.78 Å². The lowest BCUT2D eigenvalue weighted by molar-refractivity contribution is -0.119. The Hall–Kier alpha value is -2.60. The van der Waals surface area contributed by atoms with Crippen LogP contribution in [0.2, 0.25) is 5.02 Å². The molecule has 0 bridgehead atoms. The van der Waals surface area contributed by atoms with Gasteiger partial charge in [-0.3, -0.25) is 4.79 Å². The minimum Gasteiger partial charge on any atom is -0.408 e. The van der Waals surface area contributed by atoms with Gasteiger partial charge in [-0.1, -0.05) is 29.0 Å². The maximum absolute atomic E-state index is 14.7. The molecular formula is C15H11ClF4N4O3S. The predicted octanol–water partition coefficient (Wildman–Crippen LogP) is 2.64. The molecule has 2 aromatic rings. The Balaban J connectivity index is 2.07. The van der Waals surface area contributed by atoms with E-state index in [2.05, 4.69) is 15.0 Å². The molecule has 1 fully saturated rings. The average Bonchev–Trinajstić information content (AvgIpc) is 3.22. The molecule has 2 atom stereocenters. The van der Waals surface area contributed by atoms with E-state index in [0.717, 1.165) is 23.2 Å². The summed E-state index contributed by atoms with van der Waals surface area (Å²) in [6, 6.07) is -1.11. The number of nitrogens with zero attached hydrogens (tertiary/aromatic N) is 2. The predicted molar refractivity (Wildman–Crippen MR) is 90.2 cm³/mol. The summed E-state index contributed by atoms with van der Waals surface area (Å²) in [5, 5.41) is 1.10. The molecule has 0 aliphatic carbocycles. The molecule has 28 heavy (non-hydrogen) atoms. The van der Waals surface area contributed by atoms with E-state index in [-0.39, 0.29) is 17.0 Å². The summed E-state index contributed by atoms with van der Waals surface area (Å²) in [4.78, 5) is 28.6. The van der Waals surface area contributed by atoms with E-state index in [1.807, 2.05) is 0 Å². The van der Waals surface area contributed by atoms with Gasteiger partial charge >= 0.3 is 12.6 Å². The third-order valence-electron chi connectivity index (χ3n) is 3.91. The number of halogens is 5. The topological polar surface area (TPSA) is 97.6 Å². The number of hydrogen-bond acceptors (Lipinski definition) is 5. The van der Waals surface area contributed by atoms with Crippen LogP contribution in [0, 0.1) is 11.6 Å². The van der Waals surface area contributed by atoms with Crippen LogP contribution in [0.5, 0.6) is 5.19 Å². The lowest BCUT2D eigenvalue weighted by Crippen LogP contribution is -2.39. The molecule has 3 amide bonds. The molecular weight excluding hydrogens is 428 g/mol. The maximum atomic E-state index is 14.7. The molecule has 150 valence electrons. The molecule has 0 radical (unpaired) electrons. The number of nitrogens with one attached hydrogen (secondary N) is 1. The highest BCUT2D eigenvalue weighted by Crippen LogP contribution is 2.39. The summed E-state index contributed by atoms with van der Waals surface area (Å²) >= 11 is 6.26. The fraction of sp³-hybridized carbons (Fsp3) is 0.267. The standard InChI is InChI=1S/C15H11ClF4N4O3S/c16-9-6(17)2-1-5(10(9)18)11(8-3-22-15(28-8)27-13(19)20)24-4-7(12(21)25)23-14(24)26/h1-3,7,11,13H,4H2,(H2,21,25)(H,23,26)/t7?,11-/m0/s1. The van der Waals surface area contributed by atoms with E-state index in [0.29, 0.717) is 11.3 Å². The van der Waals surface area contributed by atoms with Crippen LogP contribution in [0.3, 0.4) is 0 Å². The Morgan fingerprint density at radius 1 is 1.43 bits per heavy atom. The van der Waals surface area contributed by atoms with Crippen molar-refractivity contribution >= 4 is 34.9 Å². The van der Waals surface area contributed by atoms with E-state index in [1.54, 1.807) is 0 Å². The minimum atomic E-state index is -3.14. The van der Waals surface area contributed by atoms with E-state index >= 15 is 0 Å². The number of urea groups is 1. The molecule has 3 N–H and O–H groups in total. The Kier molecular flexibility index (Phi) is 5.61. The van der Waals surface area contributed by atoms with Crippen molar-refractivity contribution in [3.05, 3.63) is 45.4 Å². The molecule has 1 saturated heterocycles. The Bertz CT molecular complexity index is 929. The van der Waals surface area contributed by atoms with Crippen molar-refractivity contribution in [2.75, 3.05) is 6.54 Å². The van der Waals surface area contributed by atoms with Crippen LogP contribution in [-0.2, 0) is 4.79 Å². The molecule has 1 aromatic heterocycles. The number of alkyl halides is 2. The zero-order valence-electron chi connectivity index (χ0n) is 13.7. The molecule has 13 heteroatoms. The van der Waals surface area contributed by atoms with Gasteiger partial charge in [0.25, 0.3) is 5.19 Å². The molecule has 7 nitrogen and oxygen atoms in total. The molecule has 1 aliphatic rings. The number of ether oxygens (including phenoxy) is 1. The second-order valence-corrected chi connectivity index (χ2v) is 7.03. The average molecular weight is 439 g/mol. The smallest absolute Gasteiger partial charge is 0.389 e. The van der Waals surface area contributed by atoms with Crippen LogP contribution in [0.4, 0.5) is 22.4 Å². The number of benzene rings is 1. The first-order chi connectivity index (χ1) is 13.2. The van der Waals surface area contributed by atoms with Crippen LogP contribution >= 0.6 is 22.9 Å². The van der Waals surface area contributed by atoms with Crippen molar-refractivity contribution in [1.82, 2.24) is 15.2 Å². The second-order valence-electron chi connectivity index (χ2n) is 5.63. The fourth-order valence-corrected chi connectivity index (χ4v) is 3.77. The van der Waals surface area contributed by atoms with Crippen molar-refractivity contribution in [3.63, 3.8) is 0 Å². The van der Waals surface area contributed by atoms with Crippen LogP contribution in [0.15, 0.2) is 18.3 Å². The quantitative estimate of drug-likeness (QED) is 0.535. The third-order valence-corrected chi connectivity index (χ3v) is 5.20. The van der Waals surface area contributed by atoms with Gasteiger partial charge in [-0.25, -0.2) is 18.6 Å². The van der Waals surface area contributed by atoms with E-state index in [4.69, 9.17) is 17.3 Å². The molecule has 0 spiro atoms. The van der Waals surface area contributed by atoms with Gasteiger partial charge < -0.3 is 20.7 Å². The van der Waals surface area contributed by atoms with Crippen molar-refractivity contribution in [2.45, 2.75) is 18.7 Å². The summed E-state index contributed by atoms with van der Waals surface area (Å²) in [5.74, 6) is -2.99. The number of nitrogens with two attached hydrogens (primary N) is 1. The SMILES string of the molecule is NC(=O)C1CN([C@H](c2cnc(OC(F)F)s2)c2ccc(F)c(Cl)c2F)C(=O)N1. The number of thiazole rings is 1. The maximum Gasteiger partial charge on any atom is 0.389 e. The first-order valence-electron chi connectivity index (χ1n) is 7.59. The molecule has 1 aromatic carbocycles. The number of carbonyl (C=O) groups is 2. The van der Waals surface area contributed by atoms with Gasteiger partial charge in [-0.05, 0) is 6.07 Å². The van der Waals surface area contributed by atoms with E-state index in [1.165, 1.54) is 0 Å². The largest absolute Gasteiger partial charge is 0.408 e. The summed E-state index contributed by atoms with van der Waals surface area (Å²) < 4.78 is 57.3. The molecule has 2 heterocycles. The lowest BCUT2D eigenvalue weighted by Gasteiger charge is -2.26. The first kappa shape index (κ1) is 20.1. The Morgan fingerprint density at radius 3 is 2.75 bits per heavy atom. The summed E-state index contributed by atoms with van der Waals surface area (Å²) in [6.07, 6.45) is 1.11. The van der Waals surface area contributed by atoms with E-state index in [9.17, 15) is 27.2 Å². The highest BCUT2D eigenvalue weighted by atomic mass is 35.5. The van der Waals surface area contributed by atoms with Gasteiger partial charge in [0.1, 0.15) is 22.7 Å². The first-order valence-corrected chi connectivity index (χ1v) is 8.78. The zero-order chi connectivity index (χ0) is 20.6. The number of primary amides is 1. The number of carbonyl (C=O) groups excluding carboxylic acids is 2. The number of hydrogen-bond donors (Lipinski definition) is 2. The summed E-state index contributed by atoms with van der Waals surface area (Å²) in [6.45, 7) is -3.38. The number of aromatic nitrogens is 1. The summed E-state index contributed by atoms with van der Waals surface area (Å²) in [7, 11) is 0. The molecule has 0 saturated carbocycles. The fourth-order valence-electron chi connectivity index (χ4n) is 2.69. The van der Waals surface area contributed by atoms with Gasteiger partial charge in [-0.15, -0.1) is 0 Å². The van der Waals surface area contributed by atoms with Crippen molar-refractivity contribution in [1.29, 1.82) is 0 Å². The third kappa shape index (κ3) is 3.83. The summed E-state index contributed by atoms with van der Waals surface area (Å²) in [5.41, 5.74) is 4.97. The van der Waals surface area contributed by atoms with Gasteiger partial charge in [0, 0.05) is 11.8 Å². The van der Waals surface area contributed by atoms with Crippen LogP contribution < -0.4 is 15.8 Å². The second kappa shape index (κ2) is 7.80. The van der Waals surface area contributed by atoms with Crippen LogP contribution in [-0.4, -0.2) is 41.0 Å². The molecule has 1 aliphatic heterocycles. The van der Waals surface area contributed by atoms with E-state index < -0.39 is 52.5 Å². The van der Waals surface area contributed by atoms with Crippen molar-refractivity contribution in [2.24, 2.45) is 5.73 Å². The van der Waals surface area contributed by atoms with Crippen LogP contribution in [0.1, 0.15) is 16.5 Å². The van der Waals surface area contributed by atoms with Crippen LogP contribution in [0.25, 0.3) is 0 Å². The van der Waals surface area contributed by atoms with Gasteiger partial charge in [0.2, 0.25) is 5.91 Å². The van der Waals surface area contributed by atoms with Crippen molar-refractivity contribution < 1.29 is 31.9 Å². The Morgan fingerprint density at radius 2 is 2.14 bits per heavy atom. The molecule has 3 rings (SSSR count). The highest BCUT2D eigenvalue weighted by Gasteiger charge is 2.40. The monoisotopic (exact) mass is 438 g/mol. The minimum absolute atomic E-state index is 0.123. The van der Waals surface area contributed by atoms with Crippen molar-refractivity contribution in [3.8, 4) is 5.19 Å². The van der Waals surface area contributed by atoms with Gasteiger partial charge in [0.05, 0.1) is 17.5 Å². The van der Waals surface area contributed by atoms with Gasteiger partial charge in [0.15, 0.2) is 0 Å². The lowest BCUT2D eigenvalue weighted by atomic mass is 10.0. The number of rotatable bonds is 6. The highest BCUT2D eigenvalue weighted by molar-refractivity contribution is 7.13.